The van der Waals surface area contributed by atoms with Crippen LogP contribution in [0.3, 0.4) is 0 Å². The van der Waals surface area contributed by atoms with Gasteiger partial charge in [-0.3, -0.25) is 14.7 Å². The number of benzene rings is 1. The molecule has 1 N–H and O–H groups in total. The van der Waals surface area contributed by atoms with Crippen molar-refractivity contribution in [2.75, 3.05) is 27.3 Å². The molecule has 1 aliphatic rings. The van der Waals surface area contributed by atoms with Gasteiger partial charge in [0.05, 0.1) is 20.3 Å². The number of aromatic nitrogens is 4. The summed E-state index contributed by atoms with van der Waals surface area (Å²) in [7, 11) is 3.33. The molecule has 3 heterocycles. The Hall–Kier alpha value is -3.46. The SMILES string of the molecule is COc1ccc(CN2CCc3nnc([C@@H](NC(=O)c4ccccn4)C(C)C)n3CC2)c(OC)c1. The van der Waals surface area contributed by atoms with Crippen LogP contribution in [0.2, 0.25) is 0 Å². The summed E-state index contributed by atoms with van der Waals surface area (Å²) >= 11 is 0. The van der Waals surface area contributed by atoms with Crippen molar-refractivity contribution in [3.8, 4) is 11.5 Å². The lowest BCUT2D eigenvalue weighted by molar-refractivity contribution is 0.0916. The third kappa shape index (κ3) is 5.20. The molecule has 3 aromatic rings. The second-order valence-electron chi connectivity index (χ2n) is 8.74. The van der Waals surface area contributed by atoms with Crippen LogP contribution in [0.4, 0.5) is 0 Å². The number of methoxy groups -OCH3 is 2. The van der Waals surface area contributed by atoms with Crippen LogP contribution in [0.15, 0.2) is 42.6 Å². The summed E-state index contributed by atoms with van der Waals surface area (Å²) in [5.74, 6) is 3.26. The molecule has 1 aliphatic heterocycles. The third-order valence-electron chi connectivity index (χ3n) is 6.16. The predicted octanol–water partition coefficient (Wildman–Crippen LogP) is 2.88. The molecule has 0 saturated heterocycles. The van der Waals surface area contributed by atoms with Crippen molar-refractivity contribution in [3.63, 3.8) is 0 Å². The lowest BCUT2D eigenvalue weighted by atomic mass is 10.0. The van der Waals surface area contributed by atoms with E-state index in [2.05, 4.69) is 49.9 Å². The second kappa shape index (κ2) is 10.6. The maximum Gasteiger partial charge on any atom is 0.270 e. The van der Waals surface area contributed by atoms with Crippen LogP contribution >= 0.6 is 0 Å². The molecule has 0 fully saturated rings. The van der Waals surface area contributed by atoms with Crippen LogP contribution in [0.25, 0.3) is 0 Å². The first-order valence-corrected chi connectivity index (χ1v) is 11.6. The Balaban J connectivity index is 1.49. The Kier molecular flexibility index (Phi) is 7.42. The van der Waals surface area contributed by atoms with Crippen LogP contribution in [0.5, 0.6) is 11.5 Å². The molecule has 1 amide bonds. The van der Waals surface area contributed by atoms with Gasteiger partial charge in [-0.05, 0) is 24.1 Å². The molecule has 180 valence electrons. The smallest absolute Gasteiger partial charge is 0.270 e. The molecular formula is C25H32N6O3. The Bertz CT molecular complexity index is 1120. The molecular weight excluding hydrogens is 432 g/mol. The first-order chi connectivity index (χ1) is 16.5. The van der Waals surface area contributed by atoms with E-state index in [1.807, 2.05) is 18.2 Å². The molecule has 34 heavy (non-hydrogen) atoms. The molecule has 4 rings (SSSR count). The van der Waals surface area contributed by atoms with Crippen molar-refractivity contribution in [3.05, 3.63) is 65.5 Å². The number of hydrogen-bond acceptors (Lipinski definition) is 7. The third-order valence-corrected chi connectivity index (χ3v) is 6.16. The molecule has 0 bridgehead atoms. The van der Waals surface area contributed by atoms with Crippen LogP contribution in [0, 0.1) is 5.92 Å². The van der Waals surface area contributed by atoms with E-state index in [0.29, 0.717) is 5.69 Å². The van der Waals surface area contributed by atoms with Crippen LogP contribution in [0.1, 0.15) is 47.6 Å². The summed E-state index contributed by atoms with van der Waals surface area (Å²) in [5.41, 5.74) is 1.51. The van der Waals surface area contributed by atoms with Gasteiger partial charge in [0.2, 0.25) is 0 Å². The molecule has 0 radical (unpaired) electrons. The molecule has 1 aromatic carbocycles. The van der Waals surface area contributed by atoms with Gasteiger partial charge in [-0.25, -0.2) is 0 Å². The zero-order valence-corrected chi connectivity index (χ0v) is 20.2. The zero-order valence-electron chi connectivity index (χ0n) is 20.2. The lowest BCUT2D eigenvalue weighted by Gasteiger charge is -2.23. The van der Waals surface area contributed by atoms with Crippen molar-refractivity contribution >= 4 is 5.91 Å². The first-order valence-electron chi connectivity index (χ1n) is 11.6. The Morgan fingerprint density at radius 3 is 2.65 bits per heavy atom. The van der Waals surface area contributed by atoms with E-state index in [9.17, 15) is 4.79 Å². The van der Waals surface area contributed by atoms with E-state index in [1.165, 1.54) is 0 Å². The molecule has 0 spiro atoms. The fourth-order valence-electron chi connectivity index (χ4n) is 4.24. The molecule has 0 unspecified atom stereocenters. The Morgan fingerprint density at radius 2 is 1.94 bits per heavy atom. The number of carbonyl (C=O) groups is 1. The van der Waals surface area contributed by atoms with E-state index >= 15 is 0 Å². The number of rotatable bonds is 8. The van der Waals surface area contributed by atoms with Gasteiger partial charge in [-0.1, -0.05) is 26.0 Å². The standard InChI is InChI=1S/C25H32N6O3/c1-17(2)23(27-25(32)20-7-5-6-11-26-20)24-29-28-22-10-12-30(13-14-31(22)24)16-18-8-9-19(33-3)15-21(18)34-4/h5-9,11,15,17,23H,10,12-14,16H2,1-4H3,(H,27,32)/t23-/m0/s1. The summed E-state index contributed by atoms with van der Waals surface area (Å²) in [5, 5.41) is 12.1. The highest BCUT2D eigenvalue weighted by molar-refractivity contribution is 5.92. The maximum atomic E-state index is 12.8. The molecule has 0 saturated carbocycles. The molecule has 2 aromatic heterocycles. The van der Waals surface area contributed by atoms with Crippen molar-refractivity contribution in [1.29, 1.82) is 0 Å². The van der Waals surface area contributed by atoms with E-state index in [0.717, 1.165) is 61.3 Å². The molecule has 9 heteroatoms. The fourth-order valence-corrected chi connectivity index (χ4v) is 4.24. The number of pyridine rings is 1. The Labute approximate surface area is 200 Å². The zero-order chi connectivity index (χ0) is 24.1. The number of ether oxygens (including phenoxy) is 2. The summed E-state index contributed by atoms with van der Waals surface area (Å²) in [6, 6.07) is 11.0. The topological polar surface area (TPSA) is 94.4 Å². The number of carbonyl (C=O) groups excluding carboxylic acids is 1. The molecule has 1 atom stereocenters. The number of nitrogens with one attached hydrogen (secondary N) is 1. The van der Waals surface area contributed by atoms with E-state index in [4.69, 9.17) is 9.47 Å². The normalized spacial score (nSPS) is 14.9. The van der Waals surface area contributed by atoms with Gasteiger partial charge >= 0.3 is 0 Å². The summed E-state index contributed by atoms with van der Waals surface area (Å²) < 4.78 is 13.1. The average molecular weight is 465 g/mol. The maximum absolute atomic E-state index is 12.8. The van der Waals surface area contributed by atoms with Crippen molar-refractivity contribution in [1.82, 2.24) is 30.0 Å². The van der Waals surface area contributed by atoms with Crippen molar-refractivity contribution < 1.29 is 14.3 Å². The van der Waals surface area contributed by atoms with Crippen LogP contribution in [-0.4, -0.2) is 57.9 Å². The van der Waals surface area contributed by atoms with Crippen LogP contribution < -0.4 is 14.8 Å². The minimum absolute atomic E-state index is 0.142. The largest absolute Gasteiger partial charge is 0.497 e. The highest BCUT2D eigenvalue weighted by Gasteiger charge is 2.28. The highest BCUT2D eigenvalue weighted by Crippen LogP contribution is 2.27. The van der Waals surface area contributed by atoms with Gasteiger partial charge in [-0.2, -0.15) is 0 Å². The van der Waals surface area contributed by atoms with E-state index in [-0.39, 0.29) is 17.9 Å². The van der Waals surface area contributed by atoms with Crippen LogP contribution in [-0.2, 0) is 19.5 Å². The minimum atomic E-state index is -0.260. The summed E-state index contributed by atoms with van der Waals surface area (Å²) in [6.45, 7) is 7.36. The Morgan fingerprint density at radius 1 is 1.09 bits per heavy atom. The lowest BCUT2D eigenvalue weighted by Crippen LogP contribution is -2.34. The predicted molar refractivity (Wildman–Crippen MR) is 128 cm³/mol. The summed E-state index contributed by atoms with van der Waals surface area (Å²) in [6.07, 6.45) is 2.40. The van der Waals surface area contributed by atoms with Crippen molar-refractivity contribution in [2.45, 2.75) is 39.4 Å². The quantitative estimate of drug-likeness (QED) is 0.548. The van der Waals surface area contributed by atoms with E-state index < -0.39 is 0 Å². The monoisotopic (exact) mass is 464 g/mol. The fraction of sp³-hybridized carbons (Fsp3) is 0.440. The number of amides is 1. The summed E-state index contributed by atoms with van der Waals surface area (Å²) in [4.78, 5) is 19.4. The van der Waals surface area contributed by atoms with Gasteiger partial charge < -0.3 is 19.4 Å². The van der Waals surface area contributed by atoms with Gasteiger partial charge in [-0.15, -0.1) is 10.2 Å². The van der Waals surface area contributed by atoms with Gasteiger partial charge in [0.1, 0.15) is 23.0 Å². The average Bonchev–Trinajstić information content (AvgIpc) is 3.15. The molecule has 9 nitrogen and oxygen atoms in total. The van der Waals surface area contributed by atoms with E-state index in [1.54, 1.807) is 32.5 Å². The number of fused-ring (bicyclic) bond motifs is 1. The first kappa shape index (κ1) is 23.7. The second-order valence-corrected chi connectivity index (χ2v) is 8.74. The number of nitrogens with zero attached hydrogens (tertiary/aromatic N) is 5. The molecule has 0 aliphatic carbocycles. The van der Waals surface area contributed by atoms with Gasteiger partial charge in [0, 0.05) is 50.4 Å². The number of hydrogen-bond donors (Lipinski definition) is 1. The van der Waals surface area contributed by atoms with Gasteiger partial charge in [0.25, 0.3) is 5.91 Å². The van der Waals surface area contributed by atoms with Crippen molar-refractivity contribution in [2.24, 2.45) is 5.92 Å². The minimum Gasteiger partial charge on any atom is -0.497 e. The highest BCUT2D eigenvalue weighted by atomic mass is 16.5. The van der Waals surface area contributed by atoms with Gasteiger partial charge in [0.15, 0.2) is 5.82 Å².